The zero-order valence-corrected chi connectivity index (χ0v) is 10.3. The first kappa shape index (κ1) is 11.3. The van der Waals surface area contributed by atoms with Crippen LogP contribution in [0.15, 0.2) is 22.7 Å². The Balaban J connectivity index is 2.88. The maximum atomic E-state index is 13.7. The molecular formula is C11H11BrFN3. The minimum absolute atomic E-state index is 0.332. The molecule has 0 spiro atoms. The molecule has 0 aliphatic heterocycles. The Morgan fingerprint density at radius 1 is 1.50 bits per heavy atom. The van der Waals surface area contributed by atoms with E-state index >= 15 is 0 Å². The lowest BCUT2D eigenvalue weighted by atomic mass is 10.1. The number of hydrogen-bond donors (Lipinski definition) is 2. The lowest BCUT2D eigenvalue weighted by Gasteiger charge is -2.09. The molecule has 1 aromatic carbocycles. The number of halogens is 2. The Kier molecular flexibility index (Phi) is 3.07. The minimum Gasteiger partial charge on any atom is -0.323 e. The van der Waals surface area contributed by atoms with E-state index in [1.165, 1.54) is 6.07 Å². The molecule has 84 valence electrons. The third-order valence-electron chi connectivity index (χ3n) is 2.43. The van der Waals surface area contributed by atoms with Crippen LogP contribution in [0.3, 0.4) is 0 Å². The fourth-order valence-electron chi connectivity index (χ4n) is 1.62. The van der Waals surface area contributed by atoms with E-state index in [9.17, 15) is 4.39 Å². The Morgan fingerprint density at radius 3 is 2.88 bits per heavy atom. The van der Waals surface area contributed by atoms with Crippen LogP contribution in [0.1, 0.15) is 12.6 Å². The van der Waals surface area contributed by atoms with Gasteiger partial charge in [0.2, 0.25) is 0 Å². The van der Waals surface area contributed by atoms with Gasteiger partial charge in [-0.25, -0.2) is 4.39 Å². The first-order valence-corrected chi connectivity index (χ1v) is 5.71. The highest BCUT2D eigenvalue weighted by molar-refractivity contribution is 9.10. The summed E-state index contributed by atoms with van der Waals surface area (Å²) in [5.41, 5.74) is 4.53. The number of rotatable bonds is 2. The number of hydrazine groups is 1. The van der Waals surface area contributed by atoms with E-state index in [4.69, 9.17) is 5.84 Å². The molecule has 0 aliphatic carbocycles. The summed E-state index contributed by atoms with van der Waals surface area (Å²) in [5.74, 6) is 5.07. The summed E-state index contributed by atoms with van der Waals surface area (Å²) in [5, 5.41) is 0.411. The van der Waals surface area contributed by atoms with Crippen LogP contribution in [-0.4, -0.2) is 4.98 Å². The molecule has 0 fully saturated rings. The third kappa shape index (κ3) is 1.76. The number of pyridine rings is 1. The first-order valence-electron chi connectivity index (χ1n) is 4.91. The van der Waals surface area contributed by atoms with Gasteiger partial charge in [0.1, 0.15) is 5.82 Å². The molecule has 0 saturated carbocycles. The molecule has 1 heterocycles. The minimum atomic E-state index is -0.332. The summed E-state index contributed by atoms with van der Waals surface area (Å²) in [6.07, 6.45) is 0.771. The molecule has 2 rings (SSSR count). The van der Waals surface area contributed by atoms with Crippen molar-refractivity contribution < 1.29 is 4.39 Å². The molecule has 0 radical (unpaired) electrons. The molecular weight excluding hydrogens is 273 g/mol. The van der Waals surface area contributed by atoms with Gasteiger partial charge in [-0.1, -0.05) is 6.92 Å². The smallest absolute Gasteiger partial charge is 0.134 e. The predicted octanol–water partition coefficient (Wildman–Crippen LogP) is 2.98. The predicted molar refractivity (Wildman–Crippen MR) is 66.6 cm³/mol. The molecule has 0 unspecified atom stereocenters. The zero-order valence-electron chi connectivity index (χ0n) is 8.72. The van der Waals surface area contributed by atoms with Gasteiger partial charge in [-0.2, -0.15) is 0 Å². The number of nitrogens with two attached hydrogens (primary N) is 1. The topological polar surface area (TPSA) is 50.9 Å². The van der Waals surface area contributed by atoms with Crippen molar-refractivity contribution >= 4 is 32.5 Å². The van der Waals surface area contributed by atoms with Gasteiger partial charge in [-0.15, -0.1) is 0 Å². The second kappa shape index (κ2) is 4.35. The van der Waals surface area contributed by atoms with Crippen LogP contribution in [0, 0.1) is 5.82 Å². The van der Waals surface area contributed by atoms with Crippen LogP contribution in [0.5, 0.6) is 0 Å². The average Bonchev–Trinajstić information content (AvgIpc) is 2.32. The number of hydrogen-bond acceptors (Lipinski definition) is 3. The molecule has 3 N–H and O–H groups in total. The monoisotopic (exact) mass is 283 g/mol. The fourth-order valence-corrected chi connectivity index (χ4v) is 2.04. The molecule has 5 heteroatoms. The van der Waals surface area contributed by atoms with Crippen molar-refractivity contribution in [3.63, 3.8) is 0 Å². The molecule has 0 atom stereocenters. The van der Waals surface area contributed by atoms with Gasteiger partial charge in [-0.05, 0) is 40.5 Å². The summed E-state index contributed by atoms with van der Waals surface area (Å²) in [4.78, 5) is 4.38. The van der Waals surface area contributed by atoms with Crippen molar-refractivity contribution in [2.75, 3.05) is 5.43 Å². The van der Waals surface area contributed by atoms with Crippen LogP contribution >= 0.6 is 15.9 Å². The Bertz CT molecular complexity index is 542. The highest BCUT2D eigenvalue weighted by atomic mass is 79.9. The normalized spacial score (nSPS) is 10.8. The maximum Gasteiger partial charge on any atom is 0.134 e. The zero-order chi connectivity index (χ0) is 11.7. The second-order valence-electron chi connectivity index (χ2n) is 3.41. The van der Waals surface area contributed by atoms with Crippen molar-refractivity contribution in [2.24, 2.45) is 5.84 Å². The molecule has 1 aromatic heterocycles. The number of anilines is 1. The van der Waals surface area contributed by atoms with Crippen molar-refractivity contribution in [3.05, 3.63) is 34.2 Å². The highest BCUT2D eigenvalue weighted by Crippen LogP contribution is 2.30. The van der Waals surface area contributed by atoms with Crippen molar-refractivity contribution in [3.8, 4) is 0 Å². The van der Waals surface area contributed by atoms with Crippen LogP contribution in [-0.2, 0) is 6.42 Å². The van der Waals surface area contributed by atoms with Crippen molar-refractivity contribution in [1.29, 1.82) is 0 Å². The van der Waals surface area contributed by atoms with Gasteiger partial charge in [0.15, 0.2) is 0 Å². The van der Waals surface area contributed by atoms with Gasteiger partial charge in [0, 0.05) is 10.2 Å². The second-order valence-corrected chi connectivity index (χ2v) is 4.27. The number of fused-ring (bicyclic) bond motifs is 1. The van der Waals surface area contributed by atoms with E-state index in [1.54, 1.807) is 12.1 Å². The number of aromatic nitrogens is 1. The van der Waals surface area contributed by atoms with E-state index < -0.39 is 0 Å². The summed E-state index contributed by atoms with van der Waals surface area (Å²) >= 11 is 3.36. The van der Waals surface area contributed by atoms with Gasteiger partial charge in [0.05, 0.1) is 16.6 Å². The van der Waals surface area contributed by atoms with Gasteiger partial charge >= 0.3 is 0 Å². The van der Waals surface area contributed by atoms with E-state index in [0.717, 1.165) is 16.6 Å². The highest BCUT2D eigenvalue weighted by Gasteiger charge is 2.11. The average molecular weight is 284 g/mol. The van der Waals surface area contributed by atoms with E-state index in [0.29, 0.717) is 16.6 Å². The number of aryl methyl sites for hydroxylation is 1. The molecule has 0 bridgehead atoms. The third-order valence-corrected chi connectivity index (χ3v) is 3.07. The molecule has 0 saturated heterocycles. The van der Waals surface area contributed by atoms with Crippen LogP contribution < -0.4 is 11.3 Å². The number of benzene rings is 1. The number of nitrogens with zero attached hydrogens (tertiary/aromatic N) is 1. The Labute approximate surface area is 101 Å². The van der Waals surface area contributed by atoms with E-state index in [1.807, 2.05) is 6.92 Å². The van der Waals surface area contributed by atoms with Gasteiger partial charge < -0.3 is 5.43 Å². The number of nitrogens with one attached hydrogen (secondary N) is 1. The lowest BCUT2D eigenvalue weighted by Crippen LogP contribution is -2.09. The van der Waals surface area contributed by atoms with Gasteiger partial charge in [0.25, 0.3) is 0 Å². The molecule has 16 heavy (non-hydrogen) atoms. The van der Waals surface area contributed by atoms with Crippen LogP contribution in [0.4, 0.5) is 10.1 Å². The molecule has 2 aromatic rings. The Morgan fingerprint density at radius 2 is 2.25 bits per heavy atom. The quantitative estimate of drug-likeness (QED) is 0.658. The van der Waals surface area contributed by atoms with Crippen molar-refractivity contribution in [1.82, 2.24) is 4.98 Å². The van der Waals surface area contributed by atoms with Gasteiger partial charge in [-0.3, -0.25) is 10.8 Å². The molecule has 0 amide bonds. The first-order chi connectivity index (χ1) is 7.67. The summed E-state index contributed by atoms with van der Waals surface area (Å²) < 4.78 is 14.5. The maximum absolute atomic E-state index is 13.7. The van der Waals surface area contributed by atoms with Crippen molar-refractivity contribution in [2.45, 2.75) is 13.3 Å². The van der Waals surface area contributed by atoms with E-state index in [2.05, 4.69) is 26.3 Å². The summed E-state index contributed by atoms with van der Waals surface area (Å²) in [7, 11) is 0. The largest absolute Gasteiger partial charge is 0.323 e. The number of nitrogen functional groups attached to an aromatic ring is 1. The Hall–Kier alpha value is -1.20. The van der Waals surface area contributed by atoms with E-state index in [-0.39, 0.29) is 5.82 Å². The van der Waals surface area contributed by atoms with Crippen LogP contribution in [0.25, 0.3) is 10.9 Å². The lowest BCUT2D eigenvalue weighted by molar-refractivity contribution is 0.639. The SMILES string of the molecule is CCc1cc(NN)c2c(F)ccc(Br)c2n1. The molecule has 3 nitrogen and oxygen atoms in total. The standard InChI is InChI=1S/C11H11BrFN3/c1-2-6-5-9(16-14)10-8(13)4-3-7(12)11(10)15-6/h3-5H,2,14H2,1H3,(H,15,16). The summed E-state index contributed by atoms with van der Waals surface area (Å²) in [6, 6.07) is 4.79. The summed E-state index contributed by atoms with van der Waals surface area (Å²) in [6.45, 7) is 1.99. The fraction of sp³-hybridized carbons (Fsp3) is 0.182. The van der Waals surface area contributed by atoms with Crippen LogP contribution in [0.2, 0.25) is 0 Å². The molecule has 0 aliphatic rings.